The van der Waals surface area contributed by atoms with Gasteiger partial charge in [-0.05, 0) is 53.4 Å². The third-order valence-corrected chi connectivity index (χ3v) is 6.43. The number of morpholine rings is 1. The van der Waals surface area contributed by atoms with E-state index in [2.05, 4.69) is 11.8 Å². The number of hydrogen-bond donors (Lipinski definition) is 0. The van der Waals surface area contributed by atoms with Gasteiger partial charge in [0.15, 0.2) is 0 Å². The second kappa shape index (κ2) is 6.89. The summed E-state index contributed by atoms with van der Waals surface area (Å²) in [5, 5.41) is 0. The van der Waals surface area contributed by atoms with Gasteiger partial charge in [0.05, 0.1) is 17.1 Å². The minimum atomic E-state index is -3.47. The Morgan fingerprint density at radius 2 is 1.91 bits per heavy atom. The van der Waals surface area contributed by atoms with Gasteiger partial charge in [0.2, 0.25) is 10.0 Å². The van der Waals surface area contributed by atoms with E-state index in [1.807, 2.05) is 40.1 Å². The summed E-state index contributed by atoms with van der Waals surface area (Å²) in [6, 6.07) is 7.35. The highest BCUT2D eigenvalue weighted by atomic mass is 32.2. The van der Waals surface area contributed by atoms with Gasteiger partial charge in [-0.15, -0.1) is 0 Å². The maximum absolute atomic E-state index is 12.9. The number of benzene rings is 1. The van der Waals surface area contributed by atoms with Crippen LogP contribution in [0.4, 0.5) is 0 Å². The molecule has 1 aliphatic rings. The largest absolute Gasteiger partial charge is 0.372 e. The van der Waals surface area contributed by atoms with Crippen molar-refractivity contribution in [3.8, 4) is 0 Å². The van der Waals surface area contributed by atoms with E-state index in [0.29, 0.717) is 30.6 Å². The number of sulfonamides is 1. The number of aryl methyl sites for hydroxylation is 1. The Hall–Kier alpha value is -0.950. The lowest BCUT2D eigenvalue weighted by atomic mass is 9.96. The SMILES string of the molecule is Cc1ccc(S(=O)(=O)N2CCO[C@@](C)(C[C@@H](C)N(C)C)C2)cc1. The molecule has 1 heterocycles. The maximum atomic E-state index is 12.9. The Morgan fingerprint density at radius 1 is 1.30 bits per heavy atom. The van der Waals surface area contributed by atoms with Crippen molar-refractivity contribution in [3.05, 3.63) is 29.8 Å². The molecule has 1 aromatic carbocycles. The first-order valence-corrected chi connectivity index (χ1v) is 9.45. The van der Waals surface area contributed by atoms with Gasteiger partial charge in [-0.25, -0.2) is 8.42 Å². The summed E-state index contributed by atoms with van der Waals surface area (Å²) in [4.78, 5) is 2.48. The average Bonchev–Trinajstić information content (AvgIpc) is 2.47. The van der Waals surface area contributed by atoms with Gasteiger partial charge in [-0.1, -0.05) is 17.7 Å². The van der Waals surface area contributed by atoms with Gasteiger partial charge < -0.3 is 9.64 Å². The Morgan fingerprint density at radius 3 is 2.48 bits per heavy atom. The van der Waals surface area contributed by atoms with Crippen molar-refractivity contribution in [2.24, 2.45) is 0 Å². The second-order valence-electron chi connectivity index (χ2n) is 6.97. The standard InChI is InChI=1S/C17H28N2O3S/c1-14-6-8-16(9-7-14)23(20,21)19-10-11-22-17(3,13-19)12-15(2)18(4)5/h6-9,15H,10-13H2,1-5H3/t15-,17+/m1/s1. The van der Waals surface area contributed by atoms with Crippen molar-refractivity contribution >= 4 is 10.0 Å². The predicted molar refractivity (Wildman–Crippen MR) is 92.1 cm³/mol. The summed E-state index contributed by atoms with van der Waals surface area (Å²) in [6.45, 7) is 7.31. The molecule has 0 spiro atoms. The molecule has 0 radical (unpaired) electrons. The topological polar surface area (TPSA) is 49.9 Å². The summed E-state index contributed by atoms with van der Waals surface area (Å²) in [5.41, 5.74) is 0.593. The van der Waals surface area contributed by atoms with Crippen LogP contribution in [0.3, 0.4) is 0 Å². The van der Waals surface area contributed by atoms with Crippen molar-refractivity contribution in [1.29, 1.82) is 0 Å². The van der Waals surface area contributed by atoms with E-state index in [-0.39, 0.29) is 0 Å². The number of ether oxygens (including phenoxy) is 1. The average molecular weight is 340 g/mol. The lowest BCUT2D eigenvalue weighted by molar-refractivity contribution is -0.0902. The second-order valence-corrected chi connectivity index (χ2v) is 8.90. The first-order chi connectivity index (χ1) is 10.6. The third-order valence-electron chi connectivity index (χ3n) is 4.57. The van der Waals surface area contributed by atoms with Crippen LogP contribution in [0.1, 0.15) is 25.8 Å². The van der Waals surface area contributed by atoms with Gasteiger partial charge in [-0.2, -0.15) is 4.31 Å². The Balaban J connectivity index is 2.18. The third kappa shape index (κ3) is 4.32. The fraction of sp³-hybridized carbons (Fsp3) is 0.647. The molecular formula is C17H28N2O3S. The van der Waals surface area contributed by atoms with Crippen LogP contribution in [0.15, 0.2) is 29.2 Å². The van der Waals surface area contributed by atoms with Gasteiger partial charge in [0.25, 0.3) is 0 Å². The maximum Gasteiger partial charge on any atom is 0.243 e. The lowest BCUT2D eigenvalue weighted by Crippen LogP contribution is -2.54. The van der Waals surface area contributed by atoms with Crippen LogP contribution < -0.4 is 0 Å². The number of hydrogen-bond acceptors (Lipinski definition) is 4. The molecule has 0 bridgehead atoms. The Labute approximate surface area is 140 Å². The summed E-state index contributed by atoms with van der Waals surface area (Å²) >= 11 is 0. The molecule has 1 fully saturated rings. The molecule has 23 heavy (non-hydrogen) atoms. The summed E-state index contributed by atoms with van der Waals surface area (Å²) in [7, 11) is 0.585. The predicted octanol–water partition coefficient (Wildman–Crippen LogP) is 2.11. The van der Waals surface area contributed by atoms with Gasteiger partial charge in [0, 0.05) is 19.1 Å². The van der Waals surface area contributed by atoms with Crippen LogP contribution in [-0.4, -0.2) is 63.1 Å². The zero-order chi connectivity index (χ0) is 17.3. The normalized spacial score (nSPS) is 24.8. The van der Waals surface area contributed by atoms with E-state index in [1.54, 1.807) is 16.4 Å². The number of nitrogens with zero attached hydrogens (tertiary/aromatic N) is 2. The van der Waals surface area contributed by atoms with Crippen molar-refractivity contribution in [2.45, 2.75) is 43.7 Å². The molecule has 0 unspecified atom stereocenters. The molecule has 0 aromatic heterocycles. The summed E-state index contributed by atoms with van der Waals surface area (Å²) in [5.74, 6) is 0. The molecular weight excluding hydrogens is 312 g/mol. The van der Waals surface area contributed by atoms with Crippen LogP contribution in [0, 0.1) is 6.92 Å². The zero-order valence-corrected chi connectivity index (χ0v) is 15.6. The van der Waals surface area contributed by atoms with Crippen LogP contribution >= 0.6 is 0 Å². The minimum Gasteiger partial charge on any atom is -0.372 e. The highest BCUT2D eigenvalue weighted by molar-refractivity contribution is 7.89. The number of rotatable bonds is 5. The van der Waals surface area contributed by atoms with Crippen LogP contribution in [-0.2, 0) is 14.8 Å². The molecule has 0 saturated carbocycles. The molecule has 0 aliphatic carbocycles. The monoisotopic (exact) mass is 340 g/mol. The van der Waals surface area contributed by atoms with Crippen molar-refractivity contribution in [1.82, 2.24) is 9.21 Å². The molecule has 1 saturated heterocycles. The van der Waals surface area contributed by atoms with E-state index in [4.69, 9.17) is 4.74 Å². The summed E-state index contributed by atoms with van der Waals surface area (Å²) < 4.78 is 33.2. The highest BCUT2D eigenvalue weighted by Gasteiger charge is 2.39. The quantitative estimate of drug-likeness (QED) is 0.824. The van der Waals surface area contributed by atoms with Crippen LogP contribution in [0.2, 0.25) is 0 Å². The molecule has 1 aliphatic heterocycles. The van der Waals surface area contributed by atoms with E-state index >= 15 is 0 Å². The highest BCUT2D eigenvalue weighted by Crippen LogP contribution is 2.28. The van der Waals surface area contributed by atoms with Gasteiger partial charge >= 0.3 is 0 Å². The van der Waals surface area contributed by atoms with Crippen molar-refractivity contribution in [2.75, 3.05) is 33.8 Å². The van der Waals surface area contributed by atoms with Gasteiger partial charge in [0.1, 0.15) is 0 Å². The first-order valence-electron chi connectivity index (χ1n) is 8.01. The molecule has 0 amide bonds. The van der Waals surface area contributed by atoms with Crippen LogP contribution in [0.5, 0.6) is 0 Å². The fourth-order valence-electron chi connectivity index (χ4n) is 2.89. The van der Waals surface area contributed by atoms with E-state index in [0.717, 1.165) is 12.0 Å². The molecule has 130 valence electrons. The lowest BCUT2D eigenvalue weighted by Gasteiger charge is -2.42. The van der Waals surface area contributed by atoms with Crippen LogP contribution in [0.25, 0.3) is 0 Å². The molecule has 2 atom stereocenters. The zero-order valence-electron chi connectivity index (χ0n) is 14.7. The van der Waals surface area contributed by atoms with E-state index in [1.165, 1.54) is 0 Å². The molecule has 1 aromatic rings. The Bertz CT molecular complexity index is 628. The minimum absolute atomic E-state index is 0.321. The summed E-state index contributed by atoms with van der Waals surface area (Å²) in [6.07, 6.45) is 0.792. The molecule has 0 N–H and O–H groups in total. The first kappa shape index (κ1) is 18.4. The molecule has 2 rings (SSSR count). The van der Waals surface area contributed by atoms with Gasteiger partial charge in [-0.3, -0.25) is 0 Å². The Kier molecular flexibility index (Phi) is 5.51. The smallest absolute Gasteiger partial charge is 0.243 e. The molecule has 6 heteroatoms. The van der Waals surface area contributed by atoms with Crippen molar-refractivity contribution < 1.29 is 13.2 Å². The van der Waals surface area contributed by atoms with Crippen molar-refractivity contribution in [3.63, 3.8) is 0 Å². The molecule has 5 nitrogen and oxygen atoms in total. The van der Waals surface area contributed by atoms with E-state index in [9.17, 15) is 8.42 Å². The fourth-order valence-corrected chi connectivity index (χ4v) is 4.42. The van der Waals surface area contributed by atoms with E-state index < -0.39 is 15.6 Å².